The Kier molecular flexibility index (Phi) is 3.33. The van der Waals surface area contributed by atoms with Crippen LogP contribution in [-0.4, -0.2) is 31.4 Å². The predicted molar refractivity (Wildman–Crippen MR) is 66.3 cm³/mol. The first-order valence-corrected chi connectivity index (χ1v) is 6.24. The summed E-state index contributed by atoms with van der Waals surface area (Å²) in [4.78, 5) is 19.0. The number of hydrogen-bond acceptors (Lipinski definition) is 4. The molecule has 0 saturated carbocycles. The number of carboxylic acid groups (broad SMARTS) is 1. The van der Waals surface area contributed by atoms with Gasteiger partial charge in [0.1, 0.15) is 5.52 Å². The largest absolute Gasteiger partial charge is 0.481 e. The van der Waals surface area contributed by atoms with E-state index in [0.717, 1.165) is 16.2 Å². The molecular weight excluding hydrogens is 238 g/mol. The minimum atomic E-state index is -0.838. The molecule has 6 heteroatoms. The summed E-state index contributed by atoms with van der Waals surface area (Å²) in [5.74, 6) is -0.820. The van der Waals surface area contributed by atoms with E-state index in [2.05, 4.69) is 9.97 Å². The molecule has 0 aliphatic carbocycles. The fourth-order valence-electron chi connectivity index (χ4n) is 1.66. The number of carbonyl (C=O) groups is 1. The van der Waals surface area contributed by atoms with Crippen LogP contribution in [0.15, 0.2) is 23.6 Å². The fraction of sp³-hybridized carbons (Fsp3) is 0.364. The fourth-order valence-corrected chi connectivity index (χ4v) is 2.52. The quantitative estimate of drug-likeness (QED) is 0.844. The minimum absolute atomic E-state index is 0.0173. The van der Waals surface area contributed by atoms with Crippen molar-refractivity contribution in [2.75, 3.05) is 5.75 Å². The number of rotatable bonds is 4. The molecule has 90 valence electrons. The Morgan fingerprint density at radius 3 is 3.00 bits per heavy atom. The Balaban J connectivity index is 2.46. The number of thioether (sulfide) groups is 1. The standard InChI is InChI=1S/C11H13N3O2S/c1-7(2)14-9-3-4-12-5-8(9)13-11(14)17-6-10(15)16/h3-5,7H,6H2,1-2H3,(H,15,16). The van der Waals surface area contributed by atoms with Gasteiger partial charge in [-0.2, -0.15) is 0 Å². The summed E-state index contributed by atoms with van der Waals surface area (Å²) in [7, 11) is 0. The minimum Gasteiger partial charge on any atom is -0.481 e. The molecule has 2 heterocycles. The van der Waals surface area contributed by atoms with Gasteiger partial charge in [-0.05, 0) is 19.9 Å². The van der Waals surface area contributed by atoms with E-state index in [9.17, 15) is 4.79 Å². The van der Waals surface area contributed by atoms with Crippen LogP contribution in [0, 0.1) is 0 Å². The molecule has 0 aromatic carbocycles. The molecular formula is C11H13N3O2S. The van der Waals surface area contributed by atoms with E-state index in [1.807, 2.05) is 24.5 Å². The van der Waals surface area contributed by atoms with E-state index in [4.69, 9.17) is 5.11 Å². The highest BCUT2D eigenvalue weighted by molar-refractivity contribution is 7.99. The molecule has 0 atom stereocenters. The summed E-state index contributed by atoms with van der Waals surface area (Å²) in [5.41, 5.74) is 1.79. The first kappa shape index (κ1) is 11.9. The van der Waals surface area contributed by atoms with Crippen molar-refractivity contribution in [3.63, 3.8) is 0 Å². The molecule has 0 spiro atoms. The Morgan fingerprint density at radius 2 is 2.35 bits per heavy atom. The highest BCUT2D eigenvalue weighted by Gasteiger charge is 2.14. The molecule has 1 N–H and O–H groups in total. The summed E-state index contributed by atoms with van der Waals surface area (Å²) >= 11 is 1.23. The smallest absolute Gasteiger partial charge is 0.313 e. The Bertz CT molecular complexity index is 551. The van der Waals surface area contributed by atoms with E-state index < -0.39 is 5.97 Å². The second-order valence-corrected chi connectivity index (χ2v) is 4.85. The second kappa shape index (κ2) is 4.75. The van der Waals surface area contributed by atoms with Crippen LogP contribution in [0.1, 0.15) is 19.9 Å². The lowest BCUT2D eigenvalue weighted by molar-refractivity contribution is -0.133. The normalized spacial score (nSPS) is 11.2. The van der Waals surface area contributed by atoms with Crippen LogP contribution < -0.4 is 0 Å². The maximum absolute atomic E-state index is 10.6. The van der Waals surface area contributed by atoms with Crippen molar-refractivity contribution in [2.24, 2.45) is 0 Å². The summed E-state index contributed by atoms with van der Waals surface area (Å²) in [6.45, 7) is 4.10. The maximum atomic E-state index is 10.6. The molecule has 0 radical (unpaired) electrons. The molecule has 0 aliphatic rings. The van der Waals surface area contributed by atoms with Gasteiger partial charge in [0.05, 0.1) is 17.5 Å². The number of pyridine rings is 1. The number of hydrogen-bond donors (Lipinski definition) is 1. The van der Waals surface area contributed by atoms with Crippen molar-refractivity contribution >= 4 is 28.8 Å². The molecule has 5 nitrogen and oxygen atoms in total. The van der Waals surface area contributed by atoms with Crippen LogP contribution in [-0.2, 0) is 4.79 Å². The monoisotopic (exact) mass is 251 g/mol. The molecule has 2 rings (SSSR count). The molecule has 0 saturated heterocycles. The zero-order valence-electron chi connectivity index (χ0n) is 9.62. The molecule has 0 amide bonds. The van der Waals surface area contributed by atoms with Gasteiger partial charge in [0.15, 0.2) is 5.16 Å². The van der Waals surface area contributed by atoms with Crippen molar-refractivity contribution < 1.29 is 9.90 Å². The summed E-state index contributed by atoms with van der Waals surface area (Å²) in [6.07, 6.45) is 3.41. The van der Waals surface area contributed by atoms with Crippen molar-refractivity contribution in [3.05, 3.63) is 18.5 Å². The zero-order valence-corrected chi connectivity index (χ0v) is 10.4. The van der Waals surface area contributed by atoms with Crippen molar-refractivity contribution in [1.29, 1.82) is 0 Å². The van der Waals surface area contributed by atoms with E-state index >= 15 is 0 Å². The highest BCUT2D eigenvalue weighted by Crippen LogP contribution is 2.26. The van der Waals surface area contributed by atoms with Gasteiger partial charge in [0.2, 0.25) is 0 Å². The van der Waals surface area contributed by atoms with E-state index in [1.54, 1.807) is 12.4 Å². The molecule has 0 unspecified atom stereocenters. The average molecular weight is 251 g/mol. The van der Waals surface area contributed by atoms with E-state index in [-0.39, 0.29) is 11.8 Å². The van der Waals surface area contributed by atoms with Gasteiger partial charge >= 0.3 is 5.97 Å². The highest BCUT2D eigenvalue weighted by atomic mass is 32.2. The van der Waals surface area contributed by atoms with Gasteiger partial charge in [0.25, 0.3) is 0 Å². The van der Waals surface area contributed by atoms with Gasteiger partial charge in [-0.25, -0.2) is 4.98 Å². The first-order valence-electron chi connectivity index (χ1n) is 5.26. The van der Waals surface area contributed by atoms with Crippen molar-refractivity contribution in [2.45, 2.75) is 25.0 Å². The summed E-state index contributed by atoms with van der Waals surface area (Å²) < 4.78 is 2.03. The molecule has 0 bridgehead atoms. The lowest BCUT2D eigenvalue weighted by atomic mass is 10.3. The molecule has 17 heavy (non-hydrogen) atoms. The van der Waals surface area contributed by atoms with Gasteiger partial charge in [-0.3, -0.25) is 9.78 Å². The van der Waals surface area contributed by atoms with Crippen LogP contribution >= 0.6 is 11.8 Å². The Labute approximate surface area is 103 Å². The third-order valence-electron chi connectivity index (χ3n) is 2.30. The summed E-state index contributed by atoms with van der Waals surface area (Å²) in [5, 5.41) is 9.44. The van der Waals surface area contributed by atoms with Gasteiger partial charge in [-0.1, -0.05) is 11.8 Å². The van der Waals surface area contributed by atoms with Crippen LogP contribution in [0.5, 0.6) is 0 Å². The van der Waals surface area contributed by atoms with Crippen LogP contribution in [0.25, 0.3) is 11.0 Å². The van der Waals surface area contributed by atoms with E-state index in [0.29, 0.717) is 0 Å². The Morgan fingerprint density at radius 1 is 1.59 bits per heavy atom. The second-order valence-electron chi connectivity index (χ2n) is 3.90. The summed E-state index contributed by atoms with van der Waals surface area (Å²) in [6, 6.07) is 2.13. The lowest BCUT2D eigenvalue weighted by Crippen LogP contribution is -2.05. The van der Waals surface area contributed by atoms with Gasteiger partial charge < -0.3 is 9.67 Å². The number of fused-ring (bicyclic) bond motifs is 1. The number of aliphatic carboxylic acids is 1. The van der Waals surface area contributed by atoms with E-state index in [1.165, 1.54) is 11.8 Å². The lowest BCUT2D eigenvalue weighted by Gasteiger charge is -2.11. The number of nitrogens with zero attached hydrogens (tertiary/aromatic N) is 3. The van der Waals surface area contributed by atoms with Crippen LogP contribution in [0.3, 0.4) is 0 Å². The van der Waals surface area contributed by atoms with Crippen molar-refractivity contribution in [3.8, 4) is 0 Å². The third-order valence-corrected chi connectivity index (χ3v) is 3.24. The third kappa shape index (κ3) is 2.41. The zero-order chi connectivity index (χ0) is 12.4. The van der Waals surface area contributed by atoms with Crippen LogP contribution in [0.2, 0.25) is 0 Å². The number of carboxylic acids is 1. The topological polar surface area (TPSA) is 68.0 Å². The predicted octanol–water partition coefficient (Wildman–Crippen LogP) is 2.19. The molecule has 0 aliphatic heterocycles. The van der Waals surface area contributed by atoms with Gasteiger partial charge in [-0.15, -0.1) is 0 Å². The van der Waals surface area contributed by atoms with Crippen LogP contribution in [0.4, 0.5) is 0 Å². The average Bonchev–Trinajstić information content (AvgIpc) is 2.64. The molecule has 0 fully saturated rings. The number of aromatic nitrogens is 3. The first-order chi connectivity index (χ1) is 8.09. The SMILES string of the molecule is CC(C)n1c(SCC(=O)O)nc2cnccc21. The molecule has 2 aromatic heterocycles. The van der Waals surface area contributed by atoms with Gasteiger partial charge in [0, 0.05) is 12.2 Å². The van der Waals surface area contributed by atoms with Crippen molar-refractivity contribution in [1.82, 2.24) is 14.5 Å². The number of imidazole rings is 1. The Hall–Kier alpha value is -1.56. The molecule has 2 aromatic rings. The maximum Gasteiger partial charge on any atom is 0.313 e.